The van der Waals surface area contributed by atoms with Crippen LogP contribution in [0.2, 0.25) is 0 Å². The molecule has 31 heavy (non-hydrogen) atoms. The van der Waals surface area contributed by atoms with E-state index in [0.29, 0.717) is 10.9 Å². The number of fused-ring (bicyclic) bond motifs is 3. The average molecular weight is 435 g/mol. The van der Waals surface area contributed by atoms with Crippen LogP contribution in [-0.4, -0.2) is 35.7 Å². The molecule has 0 unspecified atom stereocenters. The van der Waals surface area contributed by atoms with Crippen molar-refractivity contribution in [3.8, 4) is 11.1 Å². The van der Waals surface area contributed by atoms with Gasteiger partial charge in [-0.05, 0) is 54.7 Å². The molecular weight excluding hydrogens is 408 g/mol. The normalized spacial score (nSPS) is 15.5. The minimum Gasteiger partial charge on any atom is -0.367 e. The predicted molar refractivity (Wildman–Crippen MR) is 125 cm³/mol. The van der Waals surface area contributed by atoms with E-state index in [-0.39, 0.29) is 0 Å². The fraction of sp³-hybridized carbons (Fsp3) is 0.333. The number of aromatic nitrogens is 3. The van der Waals surface area contributed by atoms with Crippen LogP contribution < -0.4 is 5.32 Å². The number of benzene rings is 2. The van der Waals surface area contributed by atoms with Gasteiger partial charge in [0.05, 0.1) is 10.3 Å². The third-order valence-corrected chi connectivity index (χ3v) is 7.50. The first-order valence-corrected chi connectivity index (χ1v) is 12.6. The van der Waals surface area contributed by atoms with Crippen LogP contribution in [0.4, 0.5) is 5.82 Å². The van der Waals surface area contributed by atoms with Crippen molar-refractivity contribution in [2.24, 2.45) is 0 Å². The number of H-pyrrole nitrogens is 1. The summed E-state index contributed by atoms with van der Waals surface area (Å²) in [6.07, 6.45) is 9.02. The second-order valence-electron chi connectivity index (χ2n) is 8.56. The first-order valence-electron chi connectivity index (χ1n) is 10.7. The number of aromatic amines is 1. The monoisotopic (exact) mass is 434 g/mol. The Balaban J connectivity index is 1.60. The highest BCUT2D eigenvalue weighted by atomic mass is 32.2. The van der Waals surface area contributed by atoms with Gasteiger partial charge in [-0.25, -0.2) is 18.4 Å². The lowest BCUT2D eigenvalue weighted by Gasteiger charge is -2.23. The summed E-state index contributed by atoms with van der Waals surface area (Å²) in [7, 11) is -3.24. The van der Waals surface area contributed by atoms with E-state index in [1.807, 2.05) is 25.1 Å². The van der Waals surface area contributed by atoms with Crippen LogP contribution >= 0.6 is 0 Å². The zero-order valence-corrected chi connectivity index (χ0v) is 18.6. The second kappa shape index (κ2) is 7.64. The summed E-state index contributed by atoms with van der Waals surface area (Å²) < 4.78 is 23.9. The summed E-state index contributed by atoms with van der Waals surface area (Å²) in [6, 6.07) is 12.2. The van der Waals surface area contributed by atoms with Gasteiger partial charge in [0, 0.05) is 23.2 Å². The number of hydrogen-bond donors (Lipinski definition) is 2. The first-order chi connectivity index (χ1) is 14.9. The van der Waals surface area contributed by atoms with Gasteiger partial charge in [-0.1, -0.05) is 37.5 Å². The fourth-order valence-electron chi connectivity index (χ4n) is 4.70. The summed E-state index contributed by atoms with van der Waals surface area (Å²) in [5, 5.41) is 5.73. The molecule has 7 heteroatoms. The maximum Gasteiger partial charge on any atom is 0.175 e. The molecule has 0 saturated heterocycles. The van der Waals surface area contributed by atoms with E-state index in [1.165, 1.54) is 38.4 Å². The van der Waals surface area contributed by atoms with E-state index in [9.17, 15) is 8.42 Å². The molecule has 0 atom stereocenters. The molecule has 2 aromatic heterocycles. The number of nitrogens with one attached hydrogen (secondary N) is 2. The minimum absolute atomic E-state index is 0.372. The number of sulfone groups is 1. The van der Waals surface area contributed by atoms with Crippen molar-refractivity contribution in [2.45, 2.75) is 50.0 Å². The van der Waals surface area contributed by atoms with E-state index in [2.05, 4.69) is 32.4 Å². The lowest BCUT2D eigenvalue weighted by Crippen LogP contribution is -2.22. The molecule has 2 aromatic carbocycles. The van der Waals surface area contributed by atoms with Gasteiger partial charge in [-0.2, -0.15) is 0 Å². The molecule has 0 bridgehead atoms. The smallest absolute Gasteiger partial charge is 0.175 e. The standard InChI is InChI=1S/C24H26N4O2S/c1-15-12-16(9-11-21(15)31(2,29)30)17-8-10-20-19(13-17)22-23(25-14-26-24(22)28-20)27-18-6-4-3-5-7-18/h8-14,18H,3-7H2,1-2H3,(H2,25,26,27,28). The van der Waals surface area contributed by atoms with Gasteiger partial charge in [-0.3, -0.25) is 0 Å². The van der Waals surface area contributed by atoms with Gasteiger partial charge in [0.2, 0.25) is 0 Å². The fourth-order valence-corrected chi connectivity index (χ4v) is 5.66. The molecule has 0 spiro atoms. The molecule has 2 heterocycles. The Morgan fingerprint density at radius 3 is 2.48 bits per heavy atom. The molecule has 1 saturated carbocycles. The number of aryl methyl sites for hydroxylation is 1. The lowest BCUT2D eigenvalue weighted by atomic mass is 9.95. The van der Waals surface area contributed by atoms with Crippen molar-refractivity contribution in [1.82, 2.24) is 15.0 Å². The summed E-state index contributed by atoms with van der Waals surface area (Å²) in [5.41, 5.74) is 4.60. The van der Waals surface area contributed by atoms with Crippen molar-refractivity contribution in [3.05, 3.63) is 48.3 Å². The zero-order chi connectivity index (χ0) is 21.6. The summed E-state index contributed by atoms with van der Waals surface area (Å²) >= 11 is 0. The van der Waals surface area contributed by atoms with Gasteiger partial charge < -0.3 is 10.3 Å². The first kappa shape index (κ1) is 20.0. The lowest BCUT2D eigenvalue weighted by molar-refractivity contribution is 0.462. The van der Waals surface area contributed by atoms with Crippen molar-refractivity contribution >= 4 is 37.6 Å². The minimum atomic E-state index is -3.24. The van der Waals surface area contributed by atoms with Crippen LogP contribution in [0.3, 0.4) is 0 Å². The molecule has 0 radical (unpaired) electrons. The van der Waals surface area contributed by atoms with Crippen LogP contribution in [0.5, 0.6) is 0 Å². The molecule has 4 aromatic rings. The largest absolute Gasteiger partial charge is 0.367 e. The molecule has 160 valence electrons. The highest BCUT2D eigenvalue weighted by Crippen LogP contribution is 2.34. The summed E-state index contributed by atoms with van der Waals surface area (Å²) in [6.45, 7) is 1.84. The van der Waals surface area contributed by atoms with Crippen molar-refractivity contribution < 1.29 is 8.42 Å². The molecule has 0 aliphatic heterocycles. The third kappa shape index (κ3) is 3.78. The Hall–Kier alpha value is -2.93. The van der Waals surface area contributed by atoms with E-state index < -0.39 is 9.84 Å². The molecule has 1 aliphatic carbocycles. The topological polar surface area (TPSA) is 87.7 Å². The van der Waals surface area contributed by atoms with Crippen LogP contribution in [0.15, 0.2) is 47.6 Å². The van der Waals surface area contributed by atoms with Gasteiger partial charge in [0.25, 0.3) is 0 Å². The Morgan fingerprint density at radius 2 is 1.74 bits per heavy atom. The molecular formula is C24H26N4O2S. The summed E-state index contributed by atoms with van der Waals surface area (Å²) in [5.74, 6) is 0.879. The van der Waals surface area contributed by atoms with Gasteiger partial charge in [0.1, 0.15) is 17.8 Å². The maximum absolute atomic E-state index is 12.0. The number of anilines is 1. The number of nitrogens with zero attached hydrogens (tertiary/aromatic N) is 2. The summed E-state index contributed by atoms with van der Waals surface area (Å²) in [4.78, 5) is 12.8. The molecule has 6 nitrogen and oxygen atoms in total. The van der Waals surface area contributed by atoms with Crippen molar-refractivity contribution in [2.75, 3.05) is 11.6 Å². The van der Waals surface area contributed by atoms with Gasteiger partial charge in [0.15, 0.2) is 9.84 Å². The average Bonchev–Trinajstić information content (AvgIpc) is 3.12. The number of hydrogen-bond acceptors (Lipinski definition) is 5. The quantitative estimate of drug-likeness (QED) is 0.459. The third-order valence-electron chi connectivity index (χ3n) is 6.24. The van der Waals surface area contributed by atoms with Gasteiger partial charge in [-0.15, -0.1) is 0 Å². The predicted octanol–water partition coefficient (Wildman–Crippen LogP) is 5.23. The zero-order valence-electron chi connectivity index (χ0n) is 17.8. The Morgan fingerprint density at radius 1 is 1.00 bits per heavy atom. The van der Waals surface area contributed by atoms with Crippen LogP contribution in [0.25, 0.3) is 33.1 Å². The van der Waals surface area contributed by atoms with E-state index >= 15 is 0 Å². The van der Waals surface area contributed by atoms with Crippen molar-refractivity contribution in [1.29, 1.82) is 0 Å². The highest BCUT2D eigenvalue weighted by Gasteiger charge is 2.18. The Bertz CT molecular complexity index is 1390. The van der Waals surface area contributed by atoms with Crippen LogP contribution in [0, 0.1) is 6.92 Å². The number of rotatable bonds is 4. The molecule has 2 N–H and O–H groups in total. The van der Waals surface area contributed by atoms with E-state index in [4.69, 9.17) is 0 Å². The molecule has 5 rings (SSSR count). The highest BCUT2D eigenvalue weighted by molar-refractivity contribution is 7.90. The molecule has 1 aliphatic rings. The van der Waals surface area contributed by atoms with Crippen molar-refractivity contribution in [3.63, 3.8) is 0 Å². The Labute approximate surface area is 182 Å². The Kier molecular flexibility index (Phi) is 4.93. The SMILES string of the molecule is Cc1cc(-c2ccc3[nH]c4ncnc(NC5CCCCC5)c4c3c2)ccc1S(C)(=O)=O. The second-order valence-corrected chi connectivity index (χ2v) is 10.5. The van der Waals surface area contributed by atoms with E-state index in [1.54, 1.807) is 12.4 Å². The maximum atomic E-state index is 12.0. The van der Waals surface area contributed by atoms with E-state index in [0.717, 1.165) is 44.4 Å². The van der Waals surface area contributed by atoms with Crippen LogP contribution in [0.1, 0.15) is 37.7 Å². The van der Waals surface area contributed by atoms with Crippen LogP contribution in [-0.2, 0) is 9.84 Å². The molecule has 1 fully saturated rings. The molecule has 0 amide bonds. The van der Waals surface area contributed by atoms with Gasteiger partial charge >= 0.3 is 0 Å².